The number of methoxy groups -OCH3 is 1. The summed E-state index contributed by atoms with van der Waals surface area (Å²) in [5.41, 5.74) is 1.53. The summed E-state index contributed by atoms with van der Waals surface area (Å²) in [6.45, 7) is 1.97. The van der Waals surface area contributed by atoms with Gasteiger partial charge in [-0.05, 0) is 30.7 Å². The molecule has 0 bridgehead atoms. The van der Waals surface area contributed by atoms with E-state index in [2.05, 4.69) is 25.7 Å². The summed E-state index contributed by atoms with van der Waals surface area (Å²) < 4.78 is 7.09. The molecule has 0 unspecified atom stereocenters. The molecule has 27 heavy (non-hydrogen) atoms. The van der Waals surface area contributed by atoms with Crippen LogP contribution in [0.1, 0.15) is 18.5 Å². The third-order valence-electron chi connectivity index (χ3n) is 4.77. The van der Waals surface area contributed by atoms with Crippen LogP contribution < -0.4 is 15.4 Å². The summed E-state index contributed by atoms with van der Waals surface area (Å²) in [4.78, 5) is 21.7. The fourth-order valence-electron chi connectivity index (χ4n) is 3.51. The number of benzene rings is 1. The highest BCUT2D eigenvalue weighted by Crippen LogP contribution is 2.36. The molecule has 3 heterocycles. The number of hydrogen-bond donors (Lipinski definition) is 2. The van der Waals surface area contributed by atoms with Gasteiger partial charge >= 0.3 is 0 Å². The summed E-state index contributed by atoms with van der Waals surface area (Å²) in [6, 6.07) is 10.7. The van der Waals surface area contributed by atoms with E-state index < -0.39 is 5.92 Å². The van der Waals surface area contributed by atoms with Crippen molar-refractivity contribution in [3.63, 3.8) is 0 Å². The largest absolute Gasteiger partial charge is 0.495 e. The standard InChI is InChI=1S/C19H20N6O2/c1-12-16(18(26)24-14-7-3-4-8-15(14)27-2)17(13-6-5-9-20-10-13)25-19(23-12)21-11-22-25/h3-12,16-17H,1-2H3,(H,24,26)(H,21,22,23)/t12-,16+,17-/m0/s1. The fourth-order valence-corrected chi connectivity index (χ4v) is 3.51. The lowest BCUT2D eigenvalue weighted by molar-refractivity contribution is -0.121. The molecule has 8 heteroatoms. The van der Waals surface area contributed by atoms with Gasteiger partial charge in [-0.15, -0.1) is 0 Å². The van der Waals surface area contributed by atoms with Gasteiger partial charge in [0.25, 0.3) is 0 Å². The highest BCUT2D eigenvalue weighted by Gasteiger charge is 2.41. The molecule has 2 N–H and O–H groups in total. The molecule has 0 fully saturated rings. The third kappa shape index (κ3) is 3.10. The second-order valence-electron chi connectivity index (χ2n) is 6.41. The van der Waals surface area contributed by atoms with Crippen molar-refractivity contribution in [3.05, 3.63) is 60.7 Å². The molecule has 3 aromatic rings. The van der Waals surface area contributed by atoms with Crippen LogP contribution in [0.5, 0.6) is 5.75 Å². The minimum Gasteiger partial charge on any atom is -0.495 e. The molecule has 2 aromatic heterocycles. The number of pyridine rings is 1. The maximum atomic E-state index is 13.3. The molecule has 0 saturated carbocycles. The number of nitrogens with zero attached hydrogens (tertiary/aromatic N) is 4. The van der Waals surface area contributed by atoms with Crippen LogP contribution in [0.25, 0.3) is 0 Å². The van der Waals surface area contributed by atoms with E-state index >= 15 is 0 Å². The number of carbonyl (C=O) groups excluding carboxylic acids is 1. The van der Waals surface area contributed by atoms with Crippen molar-refractivity contribution in [2.24, 2.45) is 5.92 Å². The molecule has 0 aliphatic carbocycles. The minimum atomic E-state index is -0.423. The van der Waals surface area contributed by atoms with Gasteiger partial charge in [0, 0.05) is 18.4 Å². The SMILES string of the molecule is COc1ccccc1NC(=O)[C@@H]1[C@H](C)Nc2ncnn2[C@H]1c1cccnc1. The molecule has 8 nitrogen and oxygen atoms in total. The van der Waals surface area contributed by atoms with Gasteiger partial charge in [-0.2, -0.15) is 10.1 Å². The van der Waals surface area contributed by atoms with E-state index in [-0.39, 0.29) is 18.0 Å². The van der Waals surface area contributed by atoms with E-state index in [0.717, 1.165) is 5.56 Å². The quantitative estimate of drug-likeness (QED) is 0.738. The summed E-state index contributed by atoms with van der Waals surface area (Å²) in [7, 11) is 1.58. The van der Waals surface area contributed by atoms with Gasteiger partial charge in [0.2, 0.25) is 11.9 Å². The Morgan fingerprint density at radius 1 is 1.26 bits per heavy atom. The summed E-state index contributed by atoms with van der Waals surface area (Å²) in [5.74, 6) is 0.696. The Morgan fingerprint density at radius 2 is 2.11 bits per heavy atom. The van der Waals surface area contributed by atoms with Crippen LogP contribution in [0.15, 0.2) is 55.1 Å². The van der Waals surface area contributed by atoms with E-state index in [1.165, 1.54) is 6.33 Å². The van der Waals surface area contributed by atoms with Crippen molar-refractivity contribution in [2.45, 2.75) is 19.0 Å². The van der Waals surface area contributed by atoms with Gasteiger partial charge < -0.3 is 15.4 Å². The smallest absolute Gasteiger partial charge is 0.232 e. The first kappa shape index (κ1) is 17.0. The number of para-hydroxylation sites is 2. The molecular weight excluding hydrogens is 344 g/mol. The maximum Gasteiger partial charge on any atom is 0.232 e. The lowest BCUT2D eigenvalue weighted by Gasteiger charge is -2.36. The minimum absolute atomic E-state index is 0.130. The molecule has 1 aliphatic rings. The lowest BCUT2D eigenvalue weighted by Crippen LogP contribution is -2.46. The van der Waals surface area contributed by atoms with Crippen LogP contribution in [-0.4, -0.2) is 38.8 Å². The molecule has 0 radical (unpaired) electrons. The van der Waals surface area contributed by atoms with Crippen LogP contribution in [-0.2, 0) is 4.79 Å². The monoisotopic (exact) mass is 364 g/mol. The fraction of sp³-hybridized carbons (Fsp3) is 0.263. The van der Waals surface area contributed by atoms with Crippen molar-refractivity contribution in [3.8, 4) is 5.75 Å². The van der Waals surface area contributed by atoms with Crippen molar-refractivity contribution in [1.82, 2.24) is 19.7 Å². The second-order valence-corrected chi connectivity index (χ2v) is 6.41. The first-order valence-corrected chi connectivity index (χ1v) is 8.69. The Hall–Kier alpha value is -3.42. The highest BCUT2D eigenvalue weighted by molar-refractivity contribution is 5.95. The normalized spacial score (nSPS) is 21.0. The Kier molecular flexibility index (Phi) is 4.45. The van der Waals surface area contributed by atoms with Gasteiger partial charge in [-0.1, -0.05) is 18.2 Å². The highest BCUT2D eigenvalue weighted by atomic mass is 16.5. The maximum absolute atomic E-state index is 13.3. The molecule has 1 aromatic carbocycles. The average molecular weight is 364 g/mol. The van der Waals surface area contributed by atoms with E-state index in [1.807, 2.05) is 43.3 Å². The van der Waals surface area contributed by atoms with Crippen LogP contribution in [0.3, 0.4) is 0 Å². The molecule has 4 rings (SSSR count). The number of carbonyl (C=O) groups is 1. The Balaban J connectivity index is 1.72. The van der Waals surface area contributed by atoms with Gasteiger partial charge in [-0.3, -0.25) is 9.78 Å². The summed E-state index contributed by atoms with van der Waals surface area (Å²) in [6.07, 6.45) is 4.96. The Morgan fingerprint density at radius 3 is 2.89 bits per heavy atom. The molecule has 1 amide bonds. The zero-order chi connectivity index (χ0) is 18.8. The topological polar surface area (TPSA) is 94.0 Å². The van der Waals surface area contributed by atoms with Crippen molar-refractivity contribution in [1.29, 1.82) is 0 Å². The number of anilines is 2. The molecule has 3 atom stereocenters. The Bertz CT molecular complexity index is 942. The van der Waals surface area contributed by atoms with Crippen molar-refractivity contribution < 1.29 is 9.53 Å². The summed E-state index contributed by atoms with van der Waals surface area (Å²) >= 11 is 0. The van der Waals surface area contributed by atoms with Crippen LogP contribution in [0.4, 0.5) is 11.6 Å². The van der Waals surface area contributed by atoms with Gasteiger partial charge in [0.15, 0.2) is 0 Å². The summed E-state index contributed by atoms with van der Waals surface area (Å²) in [5, 5.41) is 10.6. The van der Waals surface area contributed by atoms with Crippen LogP contribution in [0, 0.1) is 5.92 Å². The zero-order valence-corrected chi connectivity index (χ0v) is 15.0. The van der Waals surface area contributed by atoms with Crippen LogP contribution in [0.2, 0.25) is 0 Å². The van der Waals surface area contributed by atoms with Gasteiger partial charge in [0.1, 0.15) is 12.1 Å². The number of amides is 1. The zero-order valence-electron chi connectivity index (χ0n) is 15.0. The van der Waals surface area contributed by atoms with Gasteiger partial charge in [0.05, 0.1) is 24.8 Å². The lowest BCUT2D eigenvalue weighted by atomic mass is 9.86. The number of aromatic nitrogens is 4. The Labute approximate surface area is 156 Å². The first-order chi connectivity index (χ1) is 13.2. The van der Waals surface area contributed by atoms with Gasteiger partial charge in [-0.25, -0.2) is 4.68 Å². The number of ether oxygens (including phenoxy) is 1. The second kappa shape index (κ2) is 7.06. The van der Waals surface area contributed by atoms with E-state index in [1.54, 1.807) is 24.2 Å². The van der Waals surface area contributed by atoms with Crippen molar-refractivity contribution >= 4 is 17.5 Å². The predicted molar refractivity (Wildman–Crippen MR) is 101 cm³/mol. The van der Waals surface area contributed by atoms with Crippen molar-refractivity contribution in [2.75, 3.05) is 17.7 Å². The van der Waals surface area contributed by atoms with E-state index in [9.17, 15) is 4.79 Å². The molecule has 0 saturated heterocycles. The van der Waals surface area contributed by atoms with Crippen LogP contribution >= 0.6 is 0 Å². The van der Waals surface area contributed by atoms with E-state index in [0.29, 0.717) is 17.4 Å². The molecule has 0 spiro atoms. The molecule has 1 aliphatic heterocycles. The molecule has 138 valence electrons. The first-order valence-electron chi connectivity index (χ1n) is 8.69. The average Bonchev–Trinajstić information content (AvgIpc) is 3.15. The number of rotatable bonds is 4. The number of hydrogen-bond acceptors (Lipinski definition) is 6. The third-order valence-corrected chi connectivity index (χ3v) is 4.77. The predicted octanol–water partition coefficient (Wildman–Crippen LogP) is 2.34. The number of nitrogens with one attached hydrogen (secondary N) is 2. The molecular formula is C19H20N6O2. The van der Waals surface area contributed by atoms with E-state index in [4.69, 9.17) is 4.74 Å². The number of fused-ring (bicyclic) bond motifs is 1.